The van der Waals surface area contributed by atoms with Crippen molar-refractivity contribution in [3.8, 4) is 17.3 Å². The largest absolute Gasteiger partial charge is 0.272 e. The van der Waals surface area contributed by atoms with Crippen LogP contribution in [-0.2, 0) is 0 Å². The van der Waals surface area contributed by atoms with Crippen molar-refractivity contribution >= 4 is 5.78 Å². The minimum absolute atomic E-state index is 0.451. The summed E-state index contributed by atoms with van der Waals surface area (Å²) in [6, 6.07) is 9.21. The molecule has 0 aliphatic rings. The third-order valence-corrected chi connectivity index (χ3v) is 2.35. The molecule has 0 radical (unpaired) electrons. The Morgan fingerprint density at radius 3 is 2.76 bits per heavy atom. The van der Waals surface area contributed by atoms with Gasteiger partial charge < -0.3 is 0 Å². The third kappa shape index (κ3) is 1.59. The molecule has 80 valence electrons. The van der Waals surface area contributed by atoms with E-state index in [1.807, 2.05) is 12.1 Å². The maximum absolute atomic E-state index is 8.71. The van der Waals surface area contributed by atoms with Crippen LogP contribution in [0.15, 0.2) is 36.8 Å². The molecule has 0 atom stereocenters. The molecule has 3 rings (SSSR count). The van der Waals surface area contributed by atoms with E-state index < -0.39 is 0 Å². The van der Waals surface area contributed by atoms with Gasteiger partial charge in [0, 0.05) is 5.56 Å². The van der Waals surface area contributed by atoms with Crippen LogP contribution in [0.2, 0.25) is 0 Å². The summed E-state index contributed by atoms with van der Waals surface area (Å²) in [7, 11) is 0. The summed E-state index contributed by atoms with van der Waals surface area (Å²) in [5, 5.41) is 20.4. The number of aromatic nitrogens is 5. The van der Waals surface area contributed by atoms with Gasteiger partial charge in [0.25, 0.3) is 5.78 Å². The second-order valence-electron chi connectivity index (χ2n) is 3.41. The molecule has 0 fully saturated rings. The topological polar surface area (TPSA) is 79.8 Å². The predicted molar refractivity (Wildman–Crippen MR) is 58.7 cm³/mol. The first kappa shape index (κ1) is 9.42. The number of rotatable bonds is 1. The van der Waals surface area contributed by atoms with Gasteiger partial charge in [0.2, 0.25) is 0 Å². The summed E-state index contributed by atoms with van der Waals surface area (Å²) in [5.74, 6) is 0.451. The van der Waals surface area contributed by atoms with Gasteiger partial charge >= 0.3 is 0 Å². The van der Waals surface area contributed by atoms with E-state index in [0.29, 0.717) is 17.0 Å². The van der Waals surface area contributed by atoms with E-state index in [1.54, 1.807) is 18.3 Å². The highest BCUT2D eigenvalue weighted by Gasteiger charge is 2.03. The summed E-state index contributed by atoms with van der Waals surface area (Å²) in [5.41, 5.74) is 2.21. The first-order chi connectivity index (χ1) is 8.36. The quantitative estimate of drug-likeness (QED) is 0.615. The molecule has 6 heteroatoms. The Balaban J connectivity index is 2.10. The van der Waals surface area contributed by atoms with Crippen molar-refractivity contribution < 1.29 is 0 Å². The van der Waals surface area contributed by atoms with Crippen LogP contribution in [0.5, 0.6) is 0 Å². The summed E-state index contributed by atoms with van der Waals surface area (Å²) in [4.78, 5) is 4.30. The molecule has 0 aliphatic heterocycles. The van der Waals surface area contributed by atoms with Gasteiger partial charge in [0.15, 0.2) is 0 Å². The molecule has 0 N–H and O–H groups in total. The fourth-order valence-electron chi connectivity index (χ4n) is 1.49. The molecule has 0 bridgehead atoms. The Morgan fingerprint density at radius 2 is 2.00 bits per heavy atom. The van der Waals surface area contributed by atoms with E-state index >= 15 is 0 Å². The zero-order valence-electron chi connectivity index (χ0n) is 8.65. The Labute approximate surface area is 96.2 Å². The van der Waals surface area contributed by atoms with Crippen molar-refractivity contribution in [2.45, 2.75) is 0 Å². The van der Waals surface area contributed by atoms with Crippen LogP contribution in [0.3, 0.4) is 0 Å². The Hall–Kier alpha value is -2.81. The summed E-state index contributed by atoms with van der Waals surface area (Å²) >= 11 is 0. The van der Waals surface area contributed by atoms with E-state index in [1.165, 1.54) is 10.8 Å². The Bertz CT molecular complexity index is 707. The molecule has 17 heavy (non-hydrogen) atoms. The Morgan fingerprint density at radius 1 is 1.18 bits per heavy atom. The summed E-state index contributed by atoms with van der Waals surface area (Å²) in [6.07, 6.45) is 3.13. The van der Waals surface area contributed by atoms with Crippen molar-refractivity contribution in [2.24, 2.45) is 0 Å². The number of hydrogen-bond acceptors (Lipinski definition) is 5. The number of benzene rings is 1. The molecule has 0 unspecified atom stereocenters. The molecule has 6 nitrogen and oxygen atoms in total. The molecule has 0 saturated carbocycles. The van der Waals surface area contributed by atoms with Crippen LogP contribution in [0.1, 0.15) is 5.56 Å². The van der Waals surface area contributed by atoms with Crippen LogP contribution >= 0.6 is 0 Å². The number of hydrogen-bond donors (Lipinski definition) is 0. The standard InChI is InChI=1S/C11H6N6/c12-5-8-1-3-9(4-2-8)10-6-14-17-7-13-16-11(17)15-10/h1-4,6-7H. The van der Waals surface area contributed by atoms with Gasteiger partial charge in [-0.15, -0.1) is 10.2 Å². The van der Waals surface area contributed by atoms with Gasteiger partial charge in [-0.25, -0.2) is 4.98 Å². The zero-order valence-corrected chi connectivity index (χ0v) is 8.65. The van der Waals surface area contributed by atoms with Crippen LogP contribution in [-0.4, -0.2) is 24.8 Å². The summed E-state index contributed by atoms with van der Waals surface area (Å²) in [6.45, 7) is 0. The van der Waals surface area contributed by atoms with E-state index in [4.69, 9.17) is 5.26 Å². The molecule has 2 aromatic heterocycles. The normalized spacial score (nSPS) is 10.3. The second-order valence-corrected chi connectivity index (χ2v) is 3.41. The molecular formula is C11H6N6. The predicted octanol–water partition coefficient (Wildman–Crippen LogP) is 1.06. The van der Waals surface area contributed by atoms with Gasteiger partial charge in [-0.2, -0.15) is 14.9 Å². The minimum Gasteiger partial charge on any atom is -0.208 e. The Kier molecular flexibility index (Phi) is 2.02. The molecule has 0 amide bonds. The van der Waals surface area contributed by atoms with Crippen molar-refractivity contribution in [3.63, 3.8) is 0 Å². The maximum Gasteiger partial charge on any atom is 0.272 e. The van der Waals surface area contributed by atoms with Gasteiger partial charge in [-0.3, -0.25) is 0 Å². The average Bonchev–Trinajstić information content (AvgIpc) is 2.86. The second kappa shape index (κ2) is 3.64. The fraction of sp³-hybridized carbons (Fsp3) is 0. The lowest BCUT2D eigenvalue weighted by Gasteiger charge is -1.99. The maximum atomic E-state index is 8.71. The smallest absolute Gasteiger partial charge is 0.208 e. The molecular weight excluding hydrogens is 216 g/mol. The fourth-order valence-corrected chi connectivity index (χ4v) is 1.49. The summed E-state index contributed by atoms with van der Waals surface area (Å²) < 4.78 is 1.49. The van der Waals surface area contributed by atoms with Crippen LogP contribution in [0, 0.1) is 11.3 Å². The highest BCUT2D eigenvalue weighted by atomic mass is 15.4. The highest BCUT2D eigenvalue weighted by molar-refractivity contribution is 5.60. The highest BCUT2D eigenvalue weighted by Crippen LogP contribution is 2.16. The van der Waals surface area contributed by atoms with Crippen LogP contribution in [0.4, 0.5) is 0 Å². The van der Waals surface area contributed by atoms with E-state index in [2.05, 4.69) is 26.3 Å². The lowest BCUT2D eigenvalue weighted by atomic mass is 10.1. The lowest BCUT2D eigenvalue weighted by Crippen LogP contribution is -1.95. The van der Waals surface area contributed by atoms with Crippen molar-refractivity contribution in [3.05, 3.63) is 42.4 Å². The van der Waals surface area contributed by atoms with Crippen molar-refractivity contribution in [1.29, 1.82) is 5.26 Å². The molecule has 0 aliphatic carbocycles. The first-order valence-electron chi connectivity index (χ1n) is 4.90. The van der Waals surface area contributed by atoms with Gasteiger partial charge in [-0.1, -0.05) is 12.1 Å². The number of nitrogens with zero attached hydrogens (tertiary/aromatic N) is 6. The van der Waals surface area contributed by atoms with Crippen LogP contribution < -0.4 is 0 Å². The van der Waals surface area contributed by atoms with E-state index in [-0.39, 0.29) is 0 Å². The van der Waals surface area contributed by atoms with Crippen molar-refractivity contribution in [1.82, 2.24) is 24.8 Å². The SMILES string of the molecule is N#Cc1ccc(-c2cnn3cnnc3n2)cc1. The molecule has 2 heterocycles. The molecule has 3 aromatic rings. The third-order valence-electron chi connectivity index (χ3n) is 2.35. The van der Waals surface area contributed by atoms with Gasteiger partial charge in [0.1, 0.15) is 6.33 Å². The zero-order chi connectivity index (χ0) is 11.7. The minimum atomic E-state index is 0.451. The van der Waals surface area contributed by atoms with Crippen LogP contribution in [0.25, 0.3) is 17.0 Å². The number of nitriles is 1. The molecule has 0 spiro atoms. The van der Waals surface area contributed by atoms with Crippen molar-refractivity contribution in [2.75, 3.05) is 0 Å². The average molecular weight is 222 g/mol. The van der Waals surface area contributed by atoms with E-state index in [0.717, 1.165) is 5.56 Å². The molecule has 0 saturated heterocycles. The first-order valence-corrected chi connectivity index (χ1v) is 4.90. The van der Waals surface area contributed by atoms with Gasteiger partial charge in [0.05, 0.1) is 23.5 Å². The lowest BCUT2D eigenvalue weighted by molar-refractivity contribution is 0.901. The van der Waals surface area contributed by atoms with E-state index in [9.17, 15) is 0 Å². The monoisotopic (exact) mass is 222 g/mol. The molecule has 1 aromatic carbocycles. The number of fused-ring (bicyclic) bond motifs is 1. The van der Waals surface area contributed by atoms with Gasteiger partial charge in [-0.05, 0) is 12.1 Å².